The van der Waals surface area contributed by atoms with E-state index >= 15 is 0 Å². The summed E-state index contributed by atoms with van der Waals surface area (Å²) in [4.78, 5) is 0. The van der Waals surface area contributed by atoms with Crippen molar-refractivity contribution in [1.29, 1.82) is 0 Å². The first kappa shape index (κ1) is 37.7. The summed E-state index contributed by atoms with van der Waals surface area (Å²) in [6.07, 6.45) is 7.48. The molecular formula is C32H35F3O3P2PdS. The van der Waals surface area contributed by atoms with Gasteiger partial charge in [-0.1, -0.05) is 72.8 Å². The molecule has 4 rings (SSSR count). The molecule has 0 bridgehead atoms. The van der Waals surface area contributed by atoms with Gasteiger partial charge in [0.15, 0.2) is 10.1 Å². The van der Waals surface area contributed by atoms with E-state index in [2.05, 4.69) is 128 Å². The van der Waals surface area contributed by atoms with Gasteiger partial charge in [0.2, 0.25) is 0 Å². The number of halogens is 3. The van der Waals surface area contributed by atoms with Gasteiger partial charge in [-0.05, 0) is 48.5 Å². The van der Waals surface area contributed by atoms with Gasteiger partial charge >= 0.3 is 5.51 Å². The van der Waals surface area contributed by atoms with E-state index in [0.717, 1.165) is 0 Å². The van der Waals surface area contributed by atoms with Crippen molar-refractivity contribution < 1.29 is 46.6 Å². The molecular weight excluding hydrogens is 690 g/mol. The molecule has 0 heterocycles. The second-order valence-electron chi connectivity index (χ2n) is 8.74. The molecule has 3 nitrogen and oxygen atoms in total. The van der Waals surface area contributed by atoms with Crippen LogP contribution in [0.2, 0.25) is 0 Å². The van der Waals surface area contributed by atoms with Crippen LogP contribution in [0, 0.1) is 6.42 Å². The number of hydrogen-bond acceptors (Lipinski definition) is 3. The maximum absolute atomic E-state index is 10.7. The Morgan fingerprint density at radius 2 is 0.905 bits per heavy atom. The average Bonchev–Trinajstić information content (AvgIpc) is 2.98. The Bertz CT molecular complexity index is 1220. The maximum Gasteiger partial charge on any atom is 0.485 e. The molecule has 0 spiro atoms. The summed E-state index contributed by atoms with van der Waals surface area (Å²) in [5, 5.41) is 6.10. The molecule has 42 heavy (non-hydrogen) atoms. The first-order valence-electron chi connectivity index (χ1n) is 12.9. The molecule has 0 amide bonds. The quantitative estimate of drug-likeness (QED) is 0.0647. The van der Waals surface area contributed by atoms with Gasteiger partial charge in [0, 0.05) is 26.8 Å². The van der Waals surface area contributed by atoms with Crippen LogP contribution in [-0.4, -0.2) is 30.8 Å². The SMILES string of the molecule is C=C[CH-]C.O=S(=O)([O-])C(F)(F)F.[Pd].c1ccc([PH+](CCC[PH+](c2ccccc2)c2ccccc2)c2ccccc2)cc1. The third-order valence-electron chi connectivity index (χ3n) is 5.86. The van der Waals surface area contributed by atoms with Crippen molar-refractivity contribution in [3.8, 4) is 0 Å². The van der Waals surface area contributed by atoms with Gasteiger partial charge in [-0.25, -0.2) is 27.5 Å². The predicted octanol–water partition coefficient (Wildman–Crippen LogP) is 6.55. The van der Waals surface area contributed by atoms with Gasteiger partial charge in [-0.2, -0.15) is 13.2 Å². The van der Waals surface area contributed by atoms with Crippen molar-refractivity contribution in [1.82, 2.24) is 0 Å². The van der Waals surface area contributed by atoms with E-state index in [1.807, 2.05) is 13.3 Å². The monoisotopic (exact) mass is 724 g/mol. The number of hydrogen-bond donors (Lipinski definition) is 0. The first-order valence-corrected chi connectivity index (χ1v) is 17.8. The molecule has 0 unspecified atom stereocenters. The summed E-state index contributed by atoms with van der Waals surface area (Å²) in [7, 11) is -7.57. The van der Waals surface area contributed by atoms with E-state index in [0.29, 0.717) is 0 Å². The second kappa shape index (κ2) is 19.8. The third-order valence-corrected chi connectivity index (χ3v) is 12.3. The normalized spacial score (nSPS) is 10.8. The molecule has 0 saturated heterocycles. The molecule has 0 atom stereocenters. The Balaban J connectivity index is 0.000000577. The average molecular weight is 725 g/mol. The van der Waals surface area contributed by atoms with Crippen molar-refractivity contribution in [2.45, 2.75) is 18.9 Å². The van der Waals surface area contributed by atoms with E-state index in [-0.39, 0.29) is 20.4 Å². The van der Waals surface area contributed by atoms with Crippen molar-refractivity contribution >= 4 is 47.2 Å². The summed E-state index contributed by atoms with van der Waals surface area (Å²) >= 11 is 0. The molecule has 0 aromatic heterocycles. The Morgan fingerprint density at radius 1 is 0.690 bits per heavy atom. The van der Waals surface area contributed by atoms with Crippen LogP contribution in [0.5, 0.6) is 0 Å². The molecule has 0 radical (unpaired) electrons. The molecule has 0 aliphatic heterocycles. The molecule has 10 heteroatoms. The molecule has 0 N–H and O–H groups in total. The fourth-order valence-corrected chi connectivity index (χ4v) is 9.52. The van der Waals surface area contributed by atoms with Crippen LogP contribution < -0.4 is 21.2 Å². The summed E-state index contributed by atoms with van der Waals surface area (Å²) in [5.41, 5.74) is -5.65. The Kier molecular flexibility index (Phi) is 17.8. The molecule has 0 aliphatic rings. The van der Waals surface area contributed by atoms with Crippen molar-refractivity contribution in [3.63, 3.8) is 0 Å². The summed E-state index contributed by atoms with van der Waals surface area (Å²) < 4.78 is 58.9. The molecule has 4 aromatic rings. The van der Waals surface area contributed by atoms with E-state index in [1.54, 1.807) is 6.08 Å². The Labute approximate surface area is 264 Å². The van der Waals surface area contributed by atoms with Gasteiger partial charge in [-0.3, -0.25) is 0 Å². The first-order chi connectivity index (χ1) is 19.6. The van der Waals surface area contributed by atoms with Gasteiger partial charge in [0.1, 0.15) is 0 Å². The number of benzene rings is 4. The Morgan fingerprint density at radius 3 is 1.07 bits per heavy atom. The van der Waals surface area contributed by atoms with E-state index in [4.69, 9.17) is 13.0 Å². The molecule has 0 aliphatic carbocycles. The zero-order valence-corrected chi connectivity index (χ0v) is 27.5. The number of rotatable bonds is 9. The van der Waals surface area contributed by atoms with Crippen LogP contribution >= 0.6 is 15.8 Å². The zero-order chi connectivity index (χ0) is 30.1. The minimum Gasteiger partial charge on any atom is -0.741 e. The van der Waals surface area contributed by atoms with Crippen molar-refractivity contribution in [2.75, 3.05) is 12.3 Å². The smallest absolute Gasteiger partial charge is 0.485 e. The number of alkyl halides is 3. The molecule has 0 saturated carbocycles. The van der Waals surface area contributed by atoms with Gasteiger partial charge in [-0.15, -0.1) is 6.92 Å². The van der Waals surface area contributed by atoms with E-state index in [9.17, 15) is 13.2 Å². The third kappa shape index (κ3) is 13.3. The molecule has 4 aromatic carbocycles. The van der Waals surface area contributed by atoms with E-state index in [1.165, 1.54) is 40.0 Å². The second-order valence-corrected chi connectivity index (χ2v) is 15.3. The molecule has 0 fully saturated rings. The minimum atomic E-state index is -6.09. The van der Waals surface area contributed by atoms with Crippen LogP contribution in [0.1, 0.15) is 13.3 Å². The fourth-order valence-electron chi connectivity index (χ4n) is 3.91. The Hall–Kier alpha value is -2.29. The van der Waals surface area contributed by atoms with E-state index < -0.39 is 31.5 Å². The number of allylic oxidation sites excluding steroid dienone is 1. The van der Waals surface area contributed by atoms with Crippen LogP contribution in [-0.2, 0) is 30.5 Å². The van der Waals surface area contributed by atoms with Gasteiger partial charge in [0.25, 0.3) is 0 Å². The summed E-state index contributed by atoms with van der Waals surface area (Å²) in [6, 6.07) is 44.6. The summed E-state index contributed by atoms with van der Waals surface area (Å²) in [6.45, 7) is 5.36. The van der Waals surface area contributed by atoms with Crippen LogP contribution in [0.15, 0.2) is 134 Å². The zero-order valence-electron chi connectivity index (χ0n) is 23.1. The van der Waals surface area contributed by atoms with Crippen LogP contribution in [0.4, 0.5) is 13.2 Å². The topological polar surface area (TPSA) is 57.2 Å². The van der Waals surface area contributed by atoms with Crippen molar-refractivity contribution in [3.05, 3.63) is 140 Å². The van der Waals surface area contributed by atoms with Crippen LogP contribution in [0.3, 0.4) is 0 Å². The molecule has 228 valence electrons. The largest absolute Gasteiger partial charge is 0.741 e. The van der Waals surface area contributed by atoms with Crippen LogP contribution in [0.25, 0.3) is 0 Å². The standard InChI is InChI=1S/C27H26P2.C4H7.CHF3O3S.Pd/c1-5-14-24(15-6-1)28(25-16-7-2-8-17-25)22-13-23-29(26-18-9-3-10-19-26)27-20-11-4-12-21-27;1-3-4-2;2-1(3,4)8(5,6)7;/h1-12,14-21H,13,22-23H2;3-4H,1H2,2H3;(H,5,6,7);/q;-1;;/p+1. The predicted molar refractivity (Wildman–Crippen MR) is 171 cm³/mol. The fraction of sp³-hybridized carbons (Fsp3) is 0.156. The maximum atomic E-state index is 10.7. The van der Waals surface area contributed by atoms with Gasteiger partial charge < -0.3 is 4.55 Å². The van der Waals surface area contributed by atoms with Gasteiger partial charge in [0.05, 0.1) is 49.4 Å². The minimum absolute atomic E-state index is 0. The summed E-state index contributed by atoms with van der Waals surface area (Å²) in [5.74, 6) is 0. The van der Waals surface area contributed by atoms with Crippen molar-refractivity contribution in [2.24, 2.45) is 0 Å².